The molecular formula is C20H16F9N3O. The van der Waals surface area contributed by atoms with Crippen molar-refractivity contribution in [3.63, 3.8) is 0 Å². The minimum Gasteiger partial charge on any atom is -0.368 e. The van der Waals surface area contributed by atoms with Gasteiger partial charge >= 0.3 is 18.5 Å². The van der Waals surface area contributed by atoms with Crippen LogP contribution in [0.2, 0.25) is 0 Å². The third-order valence-corrected chi connectivity index (χ3v) is 5.06. The summed E-state index contributed by atoms with van der Waals surface area (Å²) in [4.78, 5) is 17.4. The average Bonchev–Trinajstić information content (AvgIpc) is 3.14. The van der Waals surface area contributed by atoms with Crippen LogP contribution in [-0.2, 0) is 29.7 Å². The smallest absolute Gasteiger partial charge is 0.368 e. The molecule has 0 bridgehead atoms. The Morgan fingerprint density at radius 1 is 0.939 bits per heavy atom. The van der Waals surface area contributed by atoms with Crippen LogP contribution in [0, 0.1) is 0 Å². The van der Waals surface area contributed by atoms with Crippen molar-refractivity contribution in [1.29, 1.82) is 0 Å². The van der Waals surface area contributed by atoms with Gasteiger partial charge in [0.2, 0.25) is 5.91 Å². The fourth-order valence-electron chi connectivity index (χ4n) is 3.49. The quantitative estimate of drug-likeness (QED) is 0.615. The van der Waals surface area contributed by atoms with Crippen LogP contribution in [0.15, 0.2) is 36.7 Å². The van der Waals surface area contributed by atoms with Gasteiger partial charge in [-0.1, -0.05) is 6.07 Å². The third-order valence-electron chi connectivity index (χ3n) is 5.06. The number of hydrogen-bond acceptors (Lipinski definition) is 3. The van der Waals surface area contributed by atoms with E-state index in [-0.39, 0.29) is 24.8 Å². The number of halogens is 9. The molecule has 0 saturated carbocycles. The van der Waals surface area contributed by atoms with Gasteiger partial charge in [-0.3, -0.25) is 9.78 Å². The molecule has 180 valence electrons. The van der Waals surface area contributed by atoms with Gasteiger partial charge < -0.3 is 10.2 Å². The number of carbonyl (C=O) groups is 1. The SMILES string of the molecule is O=C(Cc1ccc(C(F)(F)F)cc1C(F)(F)F)NC1CCN(c2cncc(C(F)(F)F)c2)C1. The van der Waals surface area contributed by atoms with Gasteiger partial charge in [0, 0.05) is 25.3 Å². The van der Waals surface area contributed by atoms with Crippen molar-refractivity contribution in [2.45, 2.75) is 37.4 Å². The summed E-state index contributed by atoms with van der Waals surface area (Å²) in [6.07, 6.45) is -13.3. The largest absolute Gasteiger partial charge is 0.417 e. The molecule has 1 aromatic carbocycles. The second-order valence-corrected chi connectivity index (χ2v) is 7.47. The number of benzene rings is 1. The van der Waals surface area contributed by atoms with E-state index >= 15 is 0 Å². The molecular weight excluding hydrogens is 469 g/mol. The number of amides is 1. The lowest BCUT2D eigenvalue weighted by atomic mass is 10.00. The fraction of sp³-hybridized carbons (Fsp3) is 0.400. The molecule has 0 spiro atoms. The second-order valence-electron chi connectivity index (χ2n) is 7.47. The van der Waals surface area contributed by atoms with E-state index in [0.29, 0.717) is 24.8 Å². The topological polar surface area (TPSA) is 45.2 Å². The second kappa shape index (κ2) is 8.75. The predicted molar refractivity (Wildman–Crippen MR) is 98.1 cm³/mol. The number of anilines is 1. The molecule has 2 aromatic rings. The molecule has 1 atom stereocenters. The van der Waals surface area contributed by atoms with Crippen LogP contribution in [0.4, 0.5) is 45.2 Å². The number of pyridine rings is 1. The highest BCUT2D eigenvalue weighted by Gasteiger charge is 2.38. The van der Waals surface area contributed by atoms with E-state index in [1.807, 2.05) is 0 Å². The first-order valence-corrected chi connectivity index (χ1v) is 9.48. The normalized spacial score (nSPS) is 17.4. The van der Waals surface area contributed by atoms with Gasteiger partial charge in [-0.2, -0.15) is 39.5 Å². The Bertz CT molecular complexity index is 1020. The molecule has 1 amide bonds. The molecule has 1 aliphatic rings. The predicted octanol–water partition coefficient (Wildman–Crippen LogP) is 5.08. The van der Waals surface area contributed by atoms with Crippen LogP contribution >= 0.6 is 0 Å². The molecule has 0 radical (unpaired) electrons. The standard InChI is InChI=1S/C20H16F9N3O/c21-18(22,23)12-2-1-11(16(7-12)20(27,28)29)5-17(33)31-14-3-4-32(10-14)15-6-13(8-30-9-15)19(24,25)26/h1-2,6-9,14H,3-5,10H2,(H,31,33). The monoisotopic (exact) mass is 485 g/mol. The zero-order valence-corrected chi connectivity index (χ0v) is 16.6. The van der Waals surface area contributed by atoms with Gasteiger partial charge in [-0.25, -0.2) is 0 Å². The number of hydrogen-bond donors (Lipinski definition) is 1. The minimum absolute atomic E-state index is 0.0411. The van der Waals surface area contributed by atoms with Gasteiger partial charge in [0.25, 0.3) is 0 Å². The Morgan fingerprint density at radius 2 is 1.61 bits per heavy atom. The van der Waals surface area contributed by atoms with Crippen LogP contribution in [0.1, 0.15) is 28.7 Å². The van der Waals surface area contributed by atoms with E-state index in [0.717, 1.165) is 6.07 Å². The van der Waals surface area contributed by atoms with Crippen LogP contribution in [0.25, 0.3) is 0 Å². The van der Waals surface area contributed by atoms with Crippen molar-refractivity contribution >= 4 is 11.6 Å². The van der Waals surface area contributed by atoms with Gasteiger partial charge in [-0.05, 0) is 30.2 Å². The summed E-state index contributed by atoms with van der Waals surface area (Å²) < 4.78 is 117. The van der Waals surface area contributed by atoms with Crippen molar-refractivity contribution in [3.8, 4) is 0 Å². The van der Waals surface area contributed by atoms with Gasteiger partial charge in [0.05, 0.1) is 35.0 Å². The zero-order valence-electron chi connectivity index (χ0n) is 16.6. The molecule has 13 heteroatoms. The highest BCUT2D eigenvalue weighted by atomic mass is 19.4. The number of carbonyl (C=O) groups excluding carboxylic acids is 1. The molecule has 1 aliphatic heterocycles. The Labute approximate surface area is 181 Å². The maximum atomic E-state index is 13.2. The highest BCUT2D eigenvalue weighted by molar-refractivity contribution is 5.79. The summed E-state index contributed by atoms with van der Waals surface area (Å²) in [6.45, 7) is 0.357. The average molecular weight is 485 g/mol. The number of rotatable bonds is 4. The Balaban J connectivity index is 1.68. The maximum absolute atomic E-state index is 13.2. The Kier molecular flexibility index (Phi) is 6.53. The van der Waals surface area contributed by atoms with Crippen LogP contribution in [0.5, 0.6) is 0 Å². The van der Waals surface area contributed by atoms with E-state index in [1.165, 1.54) is 11.1 Å². The lowest BCUT2D eigenvalue weighted by Crippen LogP contribution is -2.38. The fourth-order valence-corrected chi connectivity index (χ4v) is 3.49. The molecule has 4 nitrogen and oxygen atoms in total. The molecule has 1 saturated heterocycles. The van der Waals surface area contributed by atoms with E-state index in [4.69, 9.17) is 0 Å². The van der Waals surface area contributed by atoms with Gasteiger partial charge in [-0.15, -0.1) is 0 Å². The number of nitrogens with zero attached hydrogens (tertiary/aromatic N) is 2. The summed E-state index contributed by atoms with van der Waals surface area (Å²) >= 11 is 0. The Hall–Kier alpha value is -2.99. The summed E-state index contributed by atoms with van der Waals surface area (Å²) in [5.74, 6) is -0.853. The first kappa shape index (κ1) is 24.6. The van der Waals surface area contributed by atoms with E-state index in [2.05, 4.69) is 10.3 Å². The number of alkyl halides is 9. The van der Waals surface area contributed by atoms with Crippen LogP contribution in [0.3, 0.4) is 0 Å². The molecule has 1 fully saturated rings. The molecule has 33 heavy (non-hydrogen) atoms. The summed E-state index contributed by atoms with van der Waals surface area (Å²) in [6, 6.07) is 1.36. The number of aromatic nitrogens is 1. The molecule has 3 rings (SSSR count). The lowest BCUT2D eigenvalue weighted by molar-refractivity contribution is -0.143. The minimum atomic E-state index is -5.10. The van der Waals surface area contributed by atoms with Crippen molar-refractivity contribution in [3.05, 3.63) is 58.9 Å². The highest BCUT2D eigenvalue weighted by Crippen LogP contribution is 2.37. The van der Waals surface area contributed by atoms with Crippen LogP contribution in [-0.4, -0.2) is 30.0 Å². The van der Waals surface area contributed by atoms with Gasteiger partial charge in [0.1, 0.15) is 0 Å². The van der Waals surface area contributed by atoms with Gasteiger partial charge in [0.15, 0.2) is 0 Å². The number of nitrogens with one attached hydrogen (secondary N) is 1. The van der Waals surface area contributed by atoms with E-state index in [9.17, 15) is 44.3 Å². The van der Waals surface area contributed by atoms with Crippen LogP contribution < -0.4 is 10.2 Å². The Morgan fingerprint density at radius 3 is 2.21 bits per heavy atom. The molecule has 1 aromatic heterocycles. The first-order valence-electron chi connectivity index (χ1n) is 9.48. The van der Waals surface area contributed by atoms with E-state index < -0.39 is 59.2 Å². The third kappa shape index (κ3) is 6.08. The van der Waals surface area contributed by atoms with Crippen molar-refractivity contribution in [1.82, 2.24) is 10.3 Å². The molecule has 0 aliphatic carbocycles. The van der Waals surface area contributed by atoms with Crippen molar-refractivity contribution in [2.24, 2.45) is 0 Å². The van der Waals surface area contributed by atoms with Crippen molar-refractivity contribution in [2.75, 3.05) is 18.0 Å². The summed E-state index contributed by atoms with van der Waals surface area (Å²) in [5, 5.41) is 2.48. The first-order chi connectivity index (χ1) is 15.1. The zero-order chi connectivity index (χ0) is 24.6. The molecule has 1 N–H and O–H groups in total. The van der Waals surface area contributed by atoms with Crippen molar-refractivity contribution < 1.29 is 44.3 Å². The summed E-state index contributed by atoms with van der Waals surface area (Å²) in [7, 11) is 0. The molecule has 2 heterocycles. The maximum Gasteiger partial charge on any atom is 0.417 e. The molecule has 1 unspecified atom stereocenters. The van der Waals surface area contributed by atoms with E-state index in [1.54, 1.807) is 0 Å². The summed E-state index contributed by atoms with van der Waals surface area (Å²) in [5.41, 5.74) is -4.45. The lowest BCUT2D eigenvalue weighted by Gasteiger charge is -2.20.